The van der Waals surface area contributed by atoms with Crippen molar-refractivity contribution in [2.75, 3.05) is 5.73 Å². The van der Waals surface area contributed by atoms with Gasteiger partial charge in [-0.05, 0) is 80.1 Å². The van der Waals surface area contributed by atoms with Crippen LogP contribution in [0.3, 0.4) is 0 Å². The number of hydrogen-bond donors (Lipinski definition) is 4. The third-order valence-corrected chi connectivity index (χ3v) is 7.11. The molecule has 4 aliphatic rings. The molecule has 1 aromatic carbocycles. The Morgan fingerprint density at radius 2 is 1.91 bits per heavy atom. The molecule has 1 aliphatic heterocycles. The van der Waals surface area contributed by atoms with E-state index in [0.29, 0.717) is 17.5 Å². The number of amides is 1. The van der Waals surface area contributed by atoms with Crippen molar-refractivity contribution >= 4 is 11.7 Å². The average Bonchev–Trinajstić information content (AvgIpc) is 3.47. The number of aromatic amines is 1. The highest BCUT2D eigenvalue weighted by Gasteiger charge is 2.45. The molecule has 1 aromatic heterocycles. The van der Waals surface area contributed by atoms with Crippen LogP contribution in [-0.2, 0) is 17.6 Å². The van der Waals surface area contributed by atoms with Crippen molar-refractivity contribution in [2.45, 2.75) is 51.7 Å². The zero-order valence-corrected chi connectivity index (χ0v) is 17.7. The molecule has 2 heterocycles. The summed E-state index contributed by atoms with van der Waals surface area (Å²) >= 11 is 0. The van der Waals surface area contributed by atoms with Gasteiger partial charge in [0, 0.05) is 11.1 Å². The Bertz CT molecular complexity index is 1320. The standard InChI is InChI=1S/C22H24N6O4/c1-9-8-15(28-22(31)24-20(30)18(23)27-28)12-5-6-13(12)17(9)32-21-14-7-4-11(10-2-3-10)16(14)19(29)25-26-21/h8,10-11,21,26H,2-7H2,1H3,(H2,23,27)(H,25,29)(H,24,30,31). The number of fused-ring (bicyclic) bond motifs is 1. The molecule has 2 atom stereocenters. The van der Waals surface area contributed by atoms with Gasteiger partial charge in [0.25, 0.3) is 11.5 Å². The van der Waals surface area contributed by atoms with Crippen molar-refractivity contribution in [1.29, 1.82) is 0 Å². The molecule has 166 valence electrons. The van der Waals surface area contributed by atoms with E-state index >= 15 is 0 Å². The van der Waals surface area contributed by atoms with Gasteiger partial charge in [-0.25, -0.2) is 4.79 Å². The third kappa shape index (κ3) is 2.82. The number of nitrogens with two attached hydrogens (primary N) is 1. The van der Waals surface area contributed by atoms with Crippen molar-refractivity contribution in [1.82, 2.24) is 25.6 Å². The van der Waals surface area contributed by atoms with Gasteiger partial charge in [-0.2, -0.15) is 10.1 Å². The Morgan fingerprint density at radius 3 is 2.62 bits per heavy atom. The van der Waals surface area contributed by atoms with Gasteiger partial charge in [0.15, 0.2) is 6.23 Å². The summed E-state index contributed by atoms with van der Waals surface area (Å²) < 4.78 is 7.59. The minimum Gasteiger partial charge on any atom is -0.469 e. The molecule has 32 heavy (non-hydrogen) atoms. The van der Waals surface area contributed by atoms with Gasteiger partial charge in [-0.15, -0.1) is 5.10 Å². The summed E-state index contributed by atoms with van der Waals surface area (Å²) in [5.74, 6) is 1.44. The highest BCUT2D eigenvalue weighted by molar-refractivity contribution is 5.96. The van der Waals surface area contributed by atoms with E-state index < -0.39 is 17.5 Å². The number of H-pyrrole nitrogens is 1. The maximum atomic E-state index is 12.5. The largest absolute Gasteiger partial charge is 0.469 e. The SMILES string of the molecule is Cc1cc(-n2nc(N)c(=O)[nH]c2=O)c2c(c1OC1NNC(=O)C3=C1CCC3C1CC1)CC2. The Morgan fingerprint density at radius 1 is 1.12 bits per heavy atom. The van der Waals surface area contributed by atoms with Crippen molar-refractivity contribution in [2.24, 2.45) is 11.8 Å². The zero-order chi connectivity index (χ0) is 22.1. The van der Waals surface area contributed by atoms with Crippen LogP contribution < -0.4 is 32.6 Å². The van der Waals surface area contributed by atoms with Gasteiger partial charge in [0.1, 0.15) is 5.75 Å². The first-order valence-electron chi connectivity index (χ1n) is 11.0. The number of benzene rings is 1. The molecule has 0 radical (unpaired) electrons. The molecule has 10 nitrogen and oxygen atoms in total. The number of aromatic nitrogens is 3. The van der Waals surface area contributed by atoms with Gasteiger partial charge in [0.2, 0.25) is 5.82 Å². The van der Waals surface area contributed by atoms with E-state index in [1.54, 1.807) is 0 Å². The second-order valence-electron chi connectivity index (χ2n) is 9.07. The van der Waals surface area contributed by atoms with Crippen molar-refractivity contribution in [3.63, 3.8) is 0 Å². The van der Waals surface area contributed by atoms with Crippen molar-refractivity contribution < 1.29 is 9.53 Å². The molecule has 1 amide bonds. The van der Waals surface area contributed by atoms with Crippen LogP contribution in [-0.4, -0.2) is 26.9 Å². The predicted molar refractivity (Wildman–Crippen MR) is 115 cm³/mol. The summed E-state index contributed by atoms with van der Waals surface area (Å²) in [6, 6.07) is 1.83. The van der Waals surface area contributed by atoms with E-state index in [1.165, 1.54) is 12.8 Å². The van der Waals surface area contributed by atoms with Crippen LogP contribution in [0.2, 0.25) is 0 Å². The minimum absolute atomic E-state index is 0.0320. The van der Waals surface area contributed by atoms with Crippen LogP contribution in [0.25, 0.3) is 5.69 Å². The molecule has 0 saturated heterocycles. The molecular formula is C22H24N6O4. The molecule has 10 heteroatoms. The summed E-state index contributed by atoms with van der Waals surface area (Å²) in [5, 5.41) is 3.98. The topological polar surface area (TPSA) is 144 Å². The van der Waals surface area contributed by atoms with E-state index in [4.69, 9.17) is 10.5 Å². The molecule has 5 N–H and O–H groups in total. The number of ether oxygens (including phenoxy) is 1. The van der Waals surface area contributed by atoms with Crippen LogP contribution in [0.4, 0.5) is 5.82 Å². The molecule has 0 bridgehead atoms. The smallest absolute Gasteiger partial charge is 0.349 e. The molecule has 2 aromatic rings. The number of nitrogens with one attached hydrogen (secondary N) is 3. The summed E-state index contributed by atoms with van der Waals surface area (Å²) in [4.78, 5) is 38.7. The van der Waals surface area contributed by atoms with Crippen molar-refractivity contribution in [3.8, 4) is 11.4 Å². The van der Waals surface area contributed by atoms with Crippen LogP contribution >= 0.6 is 0 Å². The Kier molecular flexibility index (Phi) is 4.10. The summed E-state index contributed by atoms with van der Waals surface area (Å²) in [7, 11) is 0. The van der Waals surface area contributed by atoms with Crippen LogP contribution in [0.1, 0.15) is 42.4 Å². The number of nitrogens with zero attached hydrogens (tertiary/aromatic N) is 2. The van der Waals surface area contributed by atoms with E-state index in [2.05, 4.69) is 20.9 Å². The normalized spacial score (nSPS) is 24.0. The Balaban J connectivity index is 1.38. The zero-order valence-electron chi connectivity index (χ0n) is 17.7. The van der Waals surface area contributed by atoms with E-state index in [-0.39, 0.29) is 11.7 Å². The molecule has 0 spiro atoms. The number of carbonyl (C=O) groups is 1. The third-order valence-electron chi connectivity index (χ3n) is 7.11. The lowest BCUT2D eigenvalue weighted by Gasteiger charge is -2.32. The van der Waals surface area contributed by atoms with Gasteiger partial charge < -0.3 is 10.5 Å². The lowest BCUT2D eigenvalue weighted by Crippen LogP contribution is -2.53. The molecular weight excluding hydrogens is 412 g/mol. The van der Waals surface area contributed by atoms with Gasteiger partial charge in [0.05, 0.1) is 5.69 Å². The van der Waals surface area contributed by atoms with Crippen molar-refractivity contribution in [3.05, 3.63) is 54.7 Å². The number of nitrogen functional groups attached to an aromatic ring is 1. The average molecular weight is 436 g/mol. The Hall–Kier alpha value is -3.40. The molecule has 6 rings (SSSR count). The number of aryl methyl sites for hydroxylation is 1. The first kappa shape index (κ1) is 19.3. The fourth-order valence-corrected chi connectivity index (χ4v) is 5.32. The van der Waals surface area contributed by atoms with Gasteiger partial charge in [-0.1, -0.05) is 0 Å². The number of anilines is 1. The molecule has 3 aliphatic carbocycles. The first-order chi connectivity index (χ1) is 15.4. The maximum absolute atomic E-state index is 12.5. The number of rotatable bonds is 4. The molecule has 1 saturated carbocycles. The predicted octanol–water partition coefficient (Wildman–Crippen LogP) is 0.366. The Labute approximate surface area is 182 Å². The van der Waals surface area contributed by atoms with Gasteiger partial charge in [-0.3, -0.25) is 20.0 Å². The lowest BCUT2D eigenvalue weighted by molar-refractivity contribution is -0.120. The minimum atomic E-state index is -0.697. The lowest BCUT2D eigenvalue weighted by atomic mass is 9.84. The van der Waals surface area contributed by atoms with Crippen LogP contribution in [0.15, 0.2) is 26.8 Å². The summed E-state index contributed by atoms with van der Waals surface area (Å²) in [6.07, 6.45) is 5.42. The van der Waals surface area contributed by atoms with Gasteiger partial charge >= 0.3 is 5.69 Å². The highest BCUT2D eigenvalue weighted by atomic mass is 16.5. The summed E-state index contributed by atoms with van der Waals surface area (Å²) in [6.45, 7) is 1.91. The number of carbonyl (C=O) groups excluding carboxylic acids is 1. The number of hydrogen-bond acceptors (Lipinski definition) is 7. The maximum Gasteiger partial charge on any atom is 0.349 e. The molecule has 2 unspecified atom stereocenters. The van der Waals surface area contributed by atoms with E-state index in [1.807, 2.05) is 13.0 Å². The van der Waals surface area contributed by atoms with E-state index in [9.17, 15) is 14.4 Å². The number of hydrazine groups is 1. The highest BCUT2D eigenvalue weighted by Crippen LogP contribution is 2.49. The second kappa shape index (κ2) is 6.80. The second-order valence-corrected chi connectivity index (χ2v) is 9.07. The summed E-state index contributed by atoms with van der Waals surface area (Å²) in [5.41, 5.74) is 15.5. The monoisotopic (exact) mass is 436 g/mol. The fraction of sp³-hybridized carbons (Fsp3) is 0.455. The quantitative estimate of drug-likeness (QED) is 0.542. The molecule has 1 fully saturated rings. The fourth-order valence-electron chi connectivity index (χ4n) is 5.32. The van der Waals surface area contributed by atoms with E-state index in [0.717, 1.165) is 64.0 Å². The first-order valence-corrected chi connectivity index (χ1v) is 11.0. The van der Waals surface area contributed by atoms with Crippen LogP contribution in [0, 0.1) is 18.8 Å². The van der Waals surface area contributed by atoms with Crippen LogP contribution in [0.5, 0.6) is 5.75 Å².